The Morgan fingerprint density at radius 1 is 1.21 bits per heavy atom. The maximum absolute atomic E-state index is 12.8. The maximum Gasteiger partial charge on any atom is 0.293 e. The summed E-state index contributed by atoms with van der Waals surface area (Å²) in [7, 11) is 0. The summed E-state index contributed by atoms with van der Waals surface area (Å²) < 4.78 is 10.9. The molecule has 1 aliphatic rings. The number of para-hydroxylation sites is 1. The van der Waals surface area contributed by atoms with Gasteiger partial charge in [0.05, 0.1) is 12.5 Å². The molecule has 0 fully saturated rings. The van der Waals surface area contributed by atoms with E-state index in [9.17, 15) is 4.79 Å². The van der Waals surface area contributed by atoms with E-state index in [1.54, 1.807) is 18.6 Å². The Kier molecular flexibility index (Phi) is 4.44. The molecule has 0 bridgehead atoms. The zero-order valence-corrected chi connectivity index (χ0v) is 16.6. The van der Waals surface area contributed by atoms with E-state index in [0.717, 1.165) is 12.0 Å². The molecule has 0 aliphatic carbocycles. The fourth-order valence-corrected chi connectivity index (χ4v) is 4.43. The van der Waals surface area contributed by atoms with Gasteiger partial charge in [0.25, 0.3) is 5.91 Å². The van der Waals surface area contributed by atoms with E-state index in [0.29, 0.717) is 34.9 Å². The first kappa shape index (κ1) is 17.8. The molecule has 1 atom stereocenters. The van der Waals surface area contributed by atoms with Crippen molar-refractivity contribution >= 4 is 28.1 Å². The van der Waals surface area contributed by atoms with Gasteiger partial charge in [-0.25, -0.2) is 4.98 Å². The Labute approximate surface area is 171 Å². The second kappa shape index (κ2) is 7.25. The van der Waals surface area contributed by atoms with Gasteiger partial charge in [-0.05, 0) is 43.2 Å². The minimum Gasteiger partial charge on any atom is -0.463 e. The third-order valence-corrected chi connectivity index (χ3v) is 5.90. The second-order valence-corrected chi connectivity index (χ2v) is 7.91. The van der Waals surface area contributed by atoms with Crippen LogP contribution in [0.1, 0.15) is 28.6 Å². The predicted molar refractivity (Wildman–Crippen MR) is 112 cm³/mol. The molecule has 1 N–H and O–H groups in total. The second-order valence-electron chi connectivity index (χ2n) is 7.05. The van der Waals surface area contributed by atoms with E-state index in [2.05, 4.69) is 40.3 Å². The smallest absolute Gasteiger partial charge is 0.293 e. The van der Waals surface area contributed by atoms with E-state index < -0.39 is 0 Å². The van der Waals surface area contributed by atoms with Crippen molar-refractivity contribution in [1.82, 2.24) is 4.98 Å². The van der Waals surface area contributed by atoms with Crippen LogP contribution >= 0.6 is 11.3 Å². The summed E-state index contributed by atoms with van der Waals surface area (Å²) >= 11 is 1.35. The molecule has 1 aliphatic heterocycles. The van der Waals surface area contributed by atoms with Crippen molar-refractivity contribution in [2.45, 2.75) is 25.9 Å². The van der Waals surface area contributed by atoms with Crippen molar-refractivity contribution < 1.29 is 13.6 Å². The predicted octanol–water partition coefficient (Wildman–Crippen LogP) is 5.20. The lowest BCUT2D eigenvalue weighted by Gasteiger charge is -2.24. The Morgan fingerprint density at radius 3 is 2.97 bits per heavy atom. The lowest BCUT2D eigenvalue weighted by atomic mass is 10.1. The molecular formula is C22H19N3O3S. The lowest BCUT2D eigenvalue weighted by Crippen LogP contribution is -2.29. The number of carbonyl (C=O) groups excluding carboxylic acids is 1. The monoisotopic (exact) mass is 405 g/mol. The van der Waals surface area contributed by atoms with Crippen molar-refractivity contribution in [3.8, 4) is 11.5 Å². The topological polar surface area (TPSA) is 71.5 Å². The quantitative estimate of drug-likeness (QED) is 0.494. The zero-order chi connectivity index (χ0) is 19.8. The molecule has 4 heterocycles. The number of carbonyl (C=O) groups is 1. The third-order valence-electron chi connectivity index (χ3n) is 5.14. The molecule has 1 unspecified atom stereocenters. The first-order valence-electron chi connectivity index (χ1n) is 9.40. The highest BCUT2D eigenvalue weighted by Gasteiger charge is 2.28. The Bertz CT molecular complexity index is 1150. The van der Waals surface area contributed by atoms with Crippen LogP contribution < -0.4 is 10.2 Å². The van der Waals surface area contributed by atoms with E-state index in [1.165, 1.54) is 22.6 Å². The summed E-state index contributed by atoms with van der Waals surface area (Å²) in [6.07, 6.45) is 4.16. The number of hydrogen-bond acceptors (Lipinski definition) is 6. The van der Waals surface area contributed by atoms with E-state index in [4.69, 9.17) is 8.83 Å². The SMILES string of the molecule is CC1Cc2ccccc2N1Cc1ccoc1C(=O)Nc1nc(-c2ccco2)cs1. The highest BCUT2D eigenvalue weighted by Crippen LogP contribution is 2.34. The van der Waals surface area contributed by atoms with Crippen LogP contribution in [0.4, 0.5) is 10.8 Å². The Morgan fingerprint density at radius 2 is 2.10 bits per heavy atom. The number of furan rings is 2. The van der Waals surface area contributed by atoms with Crippen molar-refractivity contribution in [3.05, 3.63) is 77.3 Å². The number of rotatable bonds is 5. The first-order valence-corrected chi connectivity index (χ1v) is 10.3. The van der Waals surface area contributed by atoms with E-state index in [1.807, 2.05) is 23.6 Å². The van der Waals surface area contributed by atoms with E-state index >= 15 is 0 Å². The summed E-state index contributed by atoms with van der Waals surface area (Å²) in [5.41, 5.74) is 4.10. The van der Waals surface area contributed by atoms with Gasteiger partial charge in [-0.1, -0.05) is 18.2 Å². The van der Waals surface area contributed by atoms with Gasteiger partial charge in [0.15, 0.2) is 16.7 Å². The summed E-state index contributed by atoms with van der Waals surface area (Å²) in [6, 6.07) is 14.3. The molecule has 0 saturated carbocycles. The van der Waals surface area contributed by atoms with Gasteiger partial charge < -0.3 is 13.7 Å². The van der Waals surface area contributed by atoms with E-state index in [-0.39, 0.29) is 5.91 Å². The van der Waals surface area contributed by atoms with Crippen molar-refractivity contribution in [2.24, 2.45) is 0 Å². The van der Waals surface area contributed by atoms with Crippen LogP contribution in [-0.4, -0.2) is 16.9 Å². The molecule has 29 heavy (non-hydrogen) atoms. The highest BCUT2D eigenvalue weighted by atomic mass is 32.1. The molecule has 0 radical (unpaired) electrons. The molecule has 6 nitrogen and oxygen atoms in total. The van der Waals surface area contributed by atoms with Crippen LogP contribution in [0, 0.1) is 0 Å². The van der Waals surface area contributed by atoms with Crippen molar-refractivity contribution in [3.63, 3.8) is 0 Å². The number of nitrogens with zero attached hydrogens (tertiary/aromatic N) is 2. The number of amides is 1. The van der Waals surface area contributed by atoms with Gasteiger partial charge in [0, 0.05) is 29.2 Å². The number of fused-ring (bicyclic) bond motifs is 1. The minimum absolute atomic E-state index is 0.300. The summed E-state index contributed by atoms with van der Waals surface area (Å²) in [5, 5.41) is 5.19. The molecule has 1 aromatic carbocycles. The molecule has 0 spiro atoms. The number of nitrogens with one attached hydrogen (secondary N) is 1. The third kappa shape index (κ3) is 3.34. The maximum atomic E-state index is 12.8. The average molecular weight is 405 g/mol. The summed E-state index contributed by atoms with van der Waals surface area (Å²) in [4.78, 5) is 19.5. The number of thiazole rings is 1. The minimum atomic E-state index is -0.300. The fourth-order valence-electron chi connectivity index (χ4n) is 3.74. The van der Waals surface area contributed by atoms with Crippen LogP contribution in [0.2, 0.25) is 0 Å². The molecule has 146 valence electrons. The fraction of sp³-hybridized carbons (Fsp3) is 0.182. The van der Waals surface area contributed by atoms with Crippen LogP contribution in [-0.2, 0) is 13.0 Å². The molecule has 4 aromatic rings. The van der Waals surface area contributed by atoms with Crippen LogP contribution in [0.15, 0.2) is 69.2 Å². The van der Waals surface area contributed by atoms with Gasteiger partial charge >= 0.3 is 0 Å². The molecule has 0 saturated heterocycles. The van der Waals surface area contributed by atoms with Gasteiger partial charge in [-0.15, -0.1) is 11.3 Å². The first-order chi connectivity index (χ1) is 14.2. The van der Waals surface area contributed by atoms with Crippen molar-refractivity contribution in [2.75, 3.05) is 10.2 Å². The highest BCUT2D eigenvalue weighted by molar-refractivity contribution is 7.14. The number of benzene rings is 1. The standard InChI is InChI=1S/C22H19N3O3S/c1-14-11-15-5-2-3-6-18(15)25(14)12-16-8-10-28-20(16)21(26)24-22-23-17(13-29-22)19-7-4-9-27-19/h2-10,13-14H,11-12H2,1H3,(H,23,24,26). The average Bonchev–Trinajstić information content (AvgIpc) is 3.50. The van der Waals surface area contributed by atoms with Gasteiger partial charge in [-0.2, -0.15) is 0 Å². The zero-order valence-electron chi connectivity index (χ0n) is 15.8. The Balaban J connectivity index is 1.33. The molecule has 3 aromatic heterocycles. The number of hydrogen-bond donors (Lipinski definition) is 1. The summed E-state index contributed by atoms with van der Waals surface area (Å²) in [5.74, 6) is 0.684. The Hall–Kier alpha value is -3.32. The molecule has 1 amide bonds. The number of aromatic nitrogens is 1. The normalized spacial score (nSPS) is 15.5. The van der Waals surface area contributed by atoms with Crippen LogP contribution in [0.3, 0.4) is 0 Å². The molecule has 7 heteroatoms. The number of anilines is 2. The van der Waals surface area contributed by atoms with Crippen molar-refractivity contribution in [1.29, 1.82) is 0 Å². The lowest BCUT2D eigenvalue weighted by molar-refractivity contribution is 0.0995. The van der Waals surface area contributed by atoms with Gasteiger partial charge in [0.2, 0.25) is 0 Å². The van der Waals surface area contributed by atoms with Gasteiger partial charge in [0.1, 0.15) is 5.69 Å². The molecular weight excluding hydrogens is 386 g/mol. The van der Waals surface area contributed by atoms with Crippen LogP contribution in [0.5, 0.6) is 0 Å². The summed E-state index contributed by atoms with van der Waals surface area (Å²) in [6.45, 7) is 2.82. The largest absolute Gasteiger partial charge is 0.463 e. The molecule has 5 rings (SSSR count). The van der Waals surface area contributed by atoms with Crippen LogP contribution in [0.25, 0.3) is 11.5 Å². The van der Waals surface area contributed by atoms with Gasteiger partial charge in [-0.3, -0.25) is 10.1 Å².